The van der Waals surface area contributed by atoms with Gasteiger partial charge in [0.2, 0.25) is 0 Å². The molecule has 0 amide bonds. The number of nitrogens with one attached hydrogen (secondary N) is 1. The van der Waals surface area contributed by atoms with Crippen LogP contribution in [0.4, 0.5) is 0 Å². The molecule has 1 saturated heterocycles. The molecule has 20 heavy (non-hydrogen) atoms. The fourth-order valence-electron chi connectivity index (χ4n) is 2.75. The first kappa shape index (κ1) is 15.3. The van der Waals surface area contributed by atoms with Crippen LogP contribution in [0, 0.1) is 5.92 Å². The molecule has 1 aromatic rings. The predicted molar refractivity (Wildman–Crippen MR) is 84.2 cm³/mol. The van der Waals surface area contributed by atoms with Gasteiger partial charge in [0.15, 0.2) is 0 Å². The Morgan fingerprint density at radius 3 is 2.80 bits per heavy atom. The van der Waals surface area contributed by atoms with E-state index in [1.165, 1.54) is 31.5 Å². The molecule has 0 radical (unpaired) electrons. The Labute approximate surface area is 123 Å². The molecule has 1 unspecified atom stereocenters. The van der Waals surface area contributed by atoms with E-state index in [1.807, 2.05) is 6.07 Å². The van der Waals surface area contributed by atoms with Gasteiger partial charge in [0.25, 0.3) is 0 Å². The van der Waals surface area contributed by atoms with Crippen molar-refractivity contribution in [2.45, 2.75) is 32.7 Å². The lowest BCUT2D eigenvalue weighted by Gasteiger charge is -2.30. The molecule has 1 N–H and O–H groups in total. The molecular weight excluding hydrogens is 248 g/mol. The molecule has 1 aliphatic rings. The summed E-state index contributed by atoms with van der Waals surface area (Å²) >= 11 is 0. The van der Waals surface area contributed by atoms with Crippen LogP contribution >= 0.6 is 0 Å². The standard InChI is InChI=1S/C17H28N2O/c1-14-7-10-19(11-8-14)12-9-18-15(2)16-5-4-6-17(13-16)20-3/h4-6,13-15,18H,7-12H2,1-3H3. The Morgan fingerprint density at radius 2 is 2.10 bits per heavy atom. The van der Waals surface area contributed by atoms with Crippen LogP contribution < -0.4 is 10.1 Å². The molecule has 1 aromatic carbocycles. The van der Waals surface area contributed by atoms with Crippen LogP contribution in [0.25, 0.3) is 0 Å². The van der Waals surface area contributed by atoms with Gasteiger partial charge < -0.3 is 15.0 Å². The number of nitrogens with zero attached hydrogens (tertiary/aromatic N) is 1. The van der Waals surface area contributed by atoms with Gasteiger partial charge >= 0.3 is 0 Å². The lowest BCUT2D eigenvalue weighted by Crippen LogP contribution is -2.38. The Balaban J connectivity index is 1.73. The van der Waals surface area contributed by atoms with E-state index in [0.717, 1.165) is 24.8 Å². The maximum Gasteiger partial charge on any atom is 0.119 e. The van der Waals surface area contributed by atoms with Crippen LogP contribution in [0.5, 0.6) is 5.75 Å². The van der Waals surface area contributed by atoms with Crippen molar-refractivity contribution < 1.29 is 4.74 Å². The van der Waals surface area contributed by atoms with Crippen molar-refractivity contribution >= 4 is 0 Å². The highest BCUT2D eigenvalue weighted by Gasteiger charge is 2.15. The molecule has 0 aromatic heterocycles. The molecule has 1 atom stereocenters. The molecule has 112 valence electrons. The molecule has 1 aliphatic heterocycles. The Hall–Kier alpha value is -1.06. The van der Waals surface area contributed by atoms with Gasteiger partial charge in [-0.1, -0.05) is 19.1 Å². The average molecular weight is 276 g/mol. The van der Waals surface area contributed by atoms with E-state index in [4.69, 9.17) is 4.74 Å². The Morgan fingerprint density at radius 1 is 1.35 bits per heavy atom. The quantitative estimate of drug-likeness (QED) is 0.864. The summed E-state index contributed by atoms with van der Waals surface area (Å²) in [4.78, 5) is 2.57. The van der Waals surface area contributed by atoms with Gasteiger partial charge in [0.05, 0.1) is 7.11 Å². The minimum Gasteiger partial charge on any atom is -0.497 e. The molecule has 0 aliphatic carbocycles. The fourth-order valence-corrected chi connectivity index (χ4v) is 2.75. The zero-order chi connectivity index (χ0) is 14.4. The average Bonchev–Trinajstić information content (AvgIpc) is 2.49. The van der Waals surface area contributed by atoms with Gasteiger partial charge in [-0.2, -0.15) is 0 Å². The number of methoxy groups -OCH3 is 1. The fraction of sp³-hybridized carbons (Fsp3) is 0.647. The molecule has 2 rings (SSSR count). The minimum absolute atomic E-state index is 0.369. The summed E-state index contributed by atoms with van der Waals surface area (Å²) in [7, 11) is 1.72. The van der Waals surface area contributed by atoms with Gasteiger partial charge in [-0.15, -0.1) is 0 Å². The molecule has 0 bridgehead atoms. The van der Waals surface area contributed by atoms with Crippen molar-refractivity contribution in [1.29, 1.82) is 0 Å². The summed E-state index contributed by atoms with van der Waals surface area (Å²) in [6, 6.07) is 8.68. The molecule has 0 spiro atoms. The van der Waals surface area contributed by atoms with Crippen LogP contribution in [-0.2, 0) is 0 Å². The van der Waals surface area contributed by atoms with Crippen molar-refractivity contribution in [3.8, 4) is 5.75 Å². The zero-order valence-electron chi connectivity index (χ0n) is 13.1. The lowest BCUT2D eigenvalue weighted by molar-refractivity contribution is 0.191. The molecule has 3 heteroatoms. The van der Waals surface area contributed by atoms with Crippen LogP contribution in [0.15, 0.2) is 24.3 Å². The van der Waals surface area contributed by atoms with Crippen LogP contribution in [0.1, 0.15) is 38.3 Å². The molecule has 0 saturated carbocycles. The first-order valence-corrected chi connectivity index (χ1v) is 7.78. The largest absolute Gasteiger partial charge is 0.497 e. The third-order valence-electron chi connectivity index (χ3n) is 4.35. The van der Waals surface area contributed by atoms with E-state index in [1.54, 1.807) is 7.11 Å². The van der Waals surface area contributed by atoms with E-state index in [-0.39, 0.29) is 0 Å². The highest BCUT2D eigenvalue weighted by Crippen LogP contribution is 2.19. The van der Waals surface area contributed by atoms with Crippen molar-refractivity contribution in [2.24, 2.45) is 5.92 Å². The molecule has 1 fully saturated rings. The van der Waals surface area contributed by atoms with Crippen LogP contribution in [0.3, 0.4) is 0 Å². The van der Waals surface area contributed by atoms with Gasteiger partial charge in [-0.05, 0) is 56.5 Å². The number of likely N-dealkylation sites (tertiary alicyclic amines) is 1. The van der Waals surface area contributed by atoms with Crippen LogP contribution in [-0.4, -0.2) is 38.2 Å². The van der Waals surface area contributed by atoms with E-state index in [9.17, 15) is 0 Å². The molecular formula is C17H28N2O. The van der Waals surface area contributed by atoms with Crippen LogP contribution in [0.2, 0.25) is 0 Å². The third-order valence-corrected chi connectivity index (χ3v) is 4.35. The second kappa shape index (κ2) is 7.65. The van der Waals surface area contributed by atoms with Gasteiger partial charge in [-0.25, -0.2) is 0 Å². The van der Waals surface area contributed by atoms with Crippen molar-refractivity contribution in [1.82, 2.24) is 10.2 Å². The summed E-state index contributed by atoms with van der Waals surface area (Å²) in [5.41, 5.74) is 1.29. The second-order valence-electron chi connectivity index (χ2n) is 5.98. The monoisotopic (exact) mass is 276 g/mol. The maximum atomic E-state index is 5.28. The Bertz CT molecular complexity index is 400. The number of ether oxygens (including phenoxy) is 1. The summed E-state index contributed by atoms with van der Waals surface area (Å²) in [6.07, 6.45) is 2.71. The third kappa shape index (κ3) is 4.50. The summed E-state index contributed by atoms with van der Waals surface area (Å²) < 4.78 is 5.28. The van der Waals surface area contributed by atoms with Gasteiger partial charge in [-0.3, -0.25) is 0 Å². The smallest absolute Gasteiger partial charge is 0.119 e. The first-order chi connectivity index (χ1) is 9.69. The lowest BCUT2D eigenvalue weighted by atomic mass is 9.99. The zero-order valence-corrected chi connectivity index (χ0v) is 13.1. The van der Waals surface area contributed by atoms with E-state index in [0.29, 0.717) is 6.04 Å². The van der Waals surface area contributed by atoms with Gasteiger partial charge in [0.1, 0.15) is 5.75 Å². The normalized spacial score (nSPS) is 18.9. The number of hydrogen-bond donors (Lipinski definition) is 1. The van der Waals surface area contributed by atoms with Crippen molar-refractivity contribution in [3.63, 3.8) is 0 Å². The topological polar surface area (TPSA) is 24.5 Å². The summed E-state index contributed by atoms with van der Waals surface area (Å²) in [6.45, 7) is 9.30. The van der Waals surface area contributed by atoms with E-state index >= 15 is 0 Å². The highest BCUT2D eigenvalue weighted by atomic mass is 16.5. The van der Waals surface area contributed by atoms with E-state index in [2.05, 4.69) is 42.3 Å². The molecule has 1 heterocycles. The van der Waals surface area contributed by atoms with Crippen molar-refractivity contribution in [2.75, 3.05) is 33.3 Å². The highest BCUT2D eigenvalue weighted by molar-refractivity contribution is 5.30. The number of piperidine rings is 1. The van der Waals surface area contributed by atoms with Gasteiger partial charge in [0, 0.05) is 19.1 Å². The Kier molecular flexibility index (Phi) is 5.86. The second-order valence-corrected chi connectivity index (χ2v) is 5.98. The predicted octanol–water partition coefficient (Wildman–Crippen LogP) is 3.08. The number of benzene rings is 1. The van der Waals surface area contributed by atoms with E-state index < -0.39 is 0 Å². The maximum absolute atomic E-state index is 5.28. The number of hydrogen-bond acceptors (Lipinski definition) is 3. The minimum atomic E-state index is 0.369. The molecule has 3 nitrogen and oxygen atoms in total. The summed E-state index contributed by atoms with van der Waals surface area (Å²) in [5, 5.41) is 3.61. The van der Waals surface area contributed by atoms with Crippen molar-refractivity contribution in [3.05, 3.63) is 29.8 Å². The summed E-state index contributed by atoms with van der Waals surface area (Å²) in [5.74, 6) is 1.84. The SMILES string of the molecule is COc1cccc(C(C)NCCN2CCC(C)CC2)c1. The number of rotatable bonds is 6. The first-order valence-electron chi connectivity index (χ1n) is 7.78.